The summed E-state index contributed by atoms with van der Waals surface area (Å²) in [5, 5.41) is 8.69. The highest BCUT2D eigenvalue weighted by molar-refractivity contribution is 7.09. The van der Waals surface area contributed by atoms with Crippen molar-refractivity contribution in [2.45, 2.75) is 20.0 Å². The highest BCUT2D eigenvalue weighted by Gasteiger charge is 2.08. The summed E-state index contributed by atoms with van der Waals surface area (Å²) in [4.78, 5) is 16.0. The highest BCUT2D eigenvalue weighted by Crippen LogP contribution is 2.13. The lowest BCUT2D eigenvalue weighted by Crippen LogP contribution is -1.98. The van der Waals surface area contributed by atoms with Gasteiger partial charge < -0.3 is 14.3 Å². The van der Waals surface area contributed by atoms with Gasteiger partial charge in [0, 0.05) is 11.3 Å². The fourth-order valence-corrected chi connectivity index (χ4v) is 2.24. The van der Waals surface area contributed by atoms with Crippen molar-refractivity contribution in [1.82, 2.24) is 4.98 Å². The summed E-state index contributed by atoms with van der Waals surface area (Å²) in [7, 11) is 0. The van der Waals surface area contributed by atoms with E-state index in [1.165, 1.54) is 10.9 Å². The average molecular weight is 267 g/mol. The monoisotopic (exact) mass is 267 g/mol. The van der Waals surface area contributed by atoms with Crippen molar-refractivity contribution in [3.05, 3.63) is 39.7 Å². The quantitative estimate of drug-likeness (QED) is 0.814. The Kier molecular flexibility index (Phi) is 4.11. The van der Waals surface area contributed by atoms with E-state index in [1.54, 1.807) is 17.4 Å². The Morgan fingerprint density at radius 3 is 3.00 bits per heavy atom. The van der Waals surface area contributed by atoms with Crippen LogP contribution in [0.2, 0.25) is 0 Å². The molecule has 0 aliphatic carbocycles. The molecule has 2 aromatic heterocycles. The maximum Gasteiger partial charge on any atom is 0.371 e. The van der Waals surface area contributed by atoms with Crippen LogP contribution >= 0.6 is 11.3 Å². The Balaban J connectivity index is 1.75. The summed E-state index contributed by atoms with van der Waals surface area (Å²) in [6.07, 6.45) is 0.809. The molecule has 0 amide bonds. The number of aryl methyl sites for hydroxylation is 1. The number of carbonyl (C=O) groups is 1. The second kappa shape index (κ2) is 5.79. The number of furan rings is 1. The largest absolute Gasteiger partial charge is 0.475 e. The van der Waals surface area contributed by atoms with E-state index in [2.05, 4.69) is 4.98 Å². The van der Waals surface area contributed by atoms with Crippen LogP contribution < -0.4 is 0 Å². The van der Waals surface area contributed by atoms with Gasteiger partial charge >= 0.3 is 5.97 Å². The van der Waals surface area contributed by atoms with E-state index >= 15 is 0 Å². The standard InChI is InChI=1S/C12H13NO4S/c1-8-11(18-7-13-8)4-5-16-6-9-2-3-10(17-9)12(14)15/h2-3,7H,4-6H2,1H3,(H,14,15). The van der Waals surface area contributed by atoms with Crippen LogP contribution in [0, 0.1) is 6.92 Å². The first kappa shape index (κ1) is 12.8. The lowest BCUT2D eigenvalue weighted by Gasteiger charge is -2.01. The normalized spacial score (nSPS) is 10.7. The fourth-order valence-electron chi connectivity index (χ4n) is 1.47. The van der Waals surface area contributed by atoms with Gasteiger partial charge in [0.15, 0.2) is 0 Å². The van der Waals surface area contributed by atoms with Gasteiger partial charge in [-0.2, -0.15) is 0 Å². The molecule has 0 saturated heterocycles. The van der Waals surface area contributed by atoms with E-state index in [4.69, 9.17) is 14.3 Å². The molecule has 0 fully saturated rings. The number of rotatable bonds is 6. The average Bonchev–Trinajstić information content (AvgIpc) is 2.94. The highest BCUT2D eigenvalue weighted by atomic mass is 32.1. The lowest BCUT2D eigenvalue weighted by atomic mass is 10.3. The molecule has 6 heteroatoms. The van der Waals surface area contributed by atoms with Crippen molar-refractivity contribution in [1.29, 1.82) is 0 Å². The number of carboxylic acid groups (broad SMARTS) is 1. The molecule has 0 spiro atoms. The molecule has 0 aliphatic heterocycles. The summed E-state index contributed by atoms with van der Waals surface area (Å²) >= 11 is 1.61. The van der Waals surface area contributed by atoms with Crippen LogP contribution in [0.5, 0.6) is 0 Å². The minimum Gasteiger partial charge on any atom is -0.475 e. The van der Waals surface area contributed by atoms with E-state index in [0.717, 1.165) is 12.1 Å². The van der Waals surface area contributed by atoms with Crippen LogP contribution in [0.4, 0.5) is 0 Å². The number of hydrogen-bond donors (Lipinski definition) is 1. The zero-order chi connectivity index (χ0) is 13.0. The van der Waals surface area contributed by atoms with Crippen LogP contribution in [0.3, 0.4) is 0 Å². The van der Waals surface area contributed by atoms with Crippen LogP contribution in [-0.4, -0.2) is 22.7 Å². The fraction of sp³-hybridized carbons (Fsp3) is 0.333. The predicted molar refractivity (Wildman–Crippen MR) is 65.9 cm³/mol. The van der Waals surface area contributed by atoms with E-state index < -0.39 is 5.97 Å². The van der Waals surface area contributed by atoms with Crippen molar-refractivity contribution in [3.8, 4) is 0 Å². The Bertz CT molecular complexity index is 532. The zero-order valence-electron chi connectivity index (χ0n) is 9.88. The Morgan fingerprint density at radius 1 is 1.56 bits per heavy atom. The van der Waals surface area contributed by atoms with Crippen molar-refractivity contribution >= 4 is 17.3 Å². The maximum absolute atomic E-state index is 10.6. The van der Waals surface area contributed by atoms with E-state index in [-0.39, 0.29) is 12.4 Å². The summed E-state index contributed by atoms with van der Waals surface area (Å²) in [6, 6.07) is 3.04. The molecule has 96 valence electrons. The molecule has 0 atom stereocenters. The third-order valence-electron chi connectivity index (χ3n) is 2.44. The predicted octanol–water partition coefficient (Wildman–Crippen LogP) is 2.50. The minimum atomic E-state index is -1.07. The Labute approximate surface area is 108 Å². The van der Waals surface area contributed by atoms with E-state index in [1.807, 2.05) is 12.4 Å². The van der Waals surface area contributed by atoms with Gasteiger partial charge in [-0.25, -0.2) is 9.78 Å². The van der Waals surface area contributed by atoms with Gasteiger partial charge in [0.05, 0.1) is 17.8 Å². The smallest absolute Gasteiger partial charge is 0.371 e. The van der Waals surface area contributed by atoms with Gasteiger partial charge in [0.1, 0.15) is 12.4 Å². The van der Waals surface area contributed by atoms with Gasteiger partial charge in [-0.1, -0.05) is 0 Å². The molecule has 0 bridgehead atoms. The zero-order valence-corrected chi connectivity index (χ0v) is 10.7. The summed E-state index contributed by atoms with van der Waals surface area (Å²) < 4.78 is 10.5. The summed E-state index contributed by atoms with van der Waals surface area (Å²) in [6.45, 7) is 2.81. The molecule has 0 unspecified atom stereocenters. The van der Waals surface area contributed by atoms with Crippen molar-refractivity contribution in [2.75, 3.05) is 6.61 Å². The minimum absolute atomic E-state index is 0.0631. The van der Waals surface area contributed by atoms with Crippen LogP contribution in [0.1, 0.15) is 26.9 Å². The van der Waals surface area contributed by atoms with Gasteiger partial charge in [0.25, 0.3) is 0 Å². The second-order valence-corrected chi connectivity index (χ2v) is 4.67. The van der Waals surface area contributed by atoms with Crippen molar-refractivity contribution in [2.24, 2.45) is 0 Å². The molecule has 2 heterocycles. The first-order valence-corrected chi connectivity index (χ1v) is 6.33. The van der Waals surface area contributed by atoms with Crippen LogP contribution in [0.15, 0.2) is 22.1 Å². The van der Waals surface area contributed by atoms with Gasteiger partial charge in [-0.3, -0.25) is 0 Å². The van der Waals surface area contributed by atoms with Crippen molar-refractivity contribution < 1.29 is 19.1 Å². The molecule has 0 aromatic carbocycles. The first-order valence-electron chi connectivity index (χ1n) is 5.45. The van der Waals surface area contributed by atoms with Crippen LogP contribution in [-0.2, 0) is 17.8 Å². The van der Waals surface area contributed by atoms with Crippen LogP contribution in [0.25, 0.3) is 0 Å². The Hall–Kier alpha value is -1.66. The number of ether oxygens (including phenoxy) is 1. The molecular weight excluding hydrogens is 254 g/mol. The molecule has 0 radical (unpaired) electrons. The van der Waals surface area contributed by atoms with Crippen molar-refractivity contribution in [3.63, 3.8) is 0 Å². The number of aromatic nitrogens is 1. The lowest BCUT2D eigenvalue weighted by molar-refractivity contribution is 0.0648. The van der Waals surface area contributed by atoms with Gasteiger partial charge in [-0.05, 0) is 19.1 Å². The number of aromatic carboxylic acids is 1. The molecular formula is C12H13NO4S. The first-order chi connectivity index (χ1) is 8.66. The third kappa shape index (κ3) is 3.18. The summed E-state index contributed by atoms with van der Waals surface area (Å²) in [5.41, 5.74) is 2.85. The molecule has 5 nitrogen and oxygen atoms in total. The molecule has 0 saturated carbocycles. The third-order valence-corrected chi connectivity index (χ3v) is 3.43. The second-order valence-electron chi connectivity index (χ2n) is 3.73. The molecule has 1 N–H and O–H groups in total. The molecule has 2 aromatic rings. The molecule has 2 rings (SSSR count). The van der Waals surface area contributed by atoms with Gasteiger partial charge in [0.2, 0.25) is 5.76 Å². The number of hydrogen-bond acceptors (Lipinski definition) is 5. The molecule has 0 aliphatic rings. The summed E-state index contributed by atoms with van der Waals surface area (Å²) in [5.74, 6) is -0.609. The number of nitrogens with zero attached hydrogens (tertiary/aromatic N) is 1. The van der Waals surface area contributed by atoms with E-state index in [9.17, 15) is 4.79 Å². The van der Waals surface area contributed by atoms with E-state index in [0.29, 0.717) is 12.4 Å². The number of carboxylic acids is 1. The Morgan fingerprint density at radius 2 is 2.39 bits per heavy atom. The topological polar surface area (TPSA) is 72.6 Å². The number of thiazole rings is 1. The molecule has 18 heavy (non-hydrogen) atoms. The SMILES string of the molecule is Cc1ncsc1CCOCc1ccc(C(=O)O)o1. The van der Waals surface area contributed by atoms with Gasteiger partial charge in [-0.15, -0.1) is 11.3 Å². The maximum atomic E-state index is 10.6.